The Morgan fingerprint density at radius 1 is 1.24 bits per heavy atom. The first-order valence-corrected chi connectivity index (χ1v) is 8.77. The van der Waals surface area contributed by atoms with Crippen molar-refractivity contribution in [3.05, 3.63) is 47.6 Å². The molecule has 0 fully saturated rings. The Morgan fingerprint density at radius 3 is 2.90 bits per heavy atom. The van der Waals surface area contributed by atoms with E-state index in [4.69, 9.17) is 0 Å². The Bertz CT molecular complexity index is 865. The highest BCUT2D eigenvalue weighted by atomic mass is 32.2. The van der Waals surface area contributed by atoms with Crippen LogP contribution in [0.5, 0.6) is 0 Å². The molecule has 0 aliphatic rings. The van der Waals surface area contributed by atoms with Crippen LogP contribution in [0.1, 0.15) is 5.69 Å². The third kappa shape index (κ3) is 2.94. The lowest BCUT2D eigenvalue weighted by atomic mass is 10.2. The van der Waals surface area contributed by atoms with Gasteiger partial charge in [0.15, 0.2) is 0 Å². The largest absolute Gasteiger partial charge is 0.363 e. The lowest BCUT2D eigenvalue weighted by Gasteiger charge is -2.06. The van der Waals surface area contributed by atoms with Gasteiger partial charge in [0, 0.05) is 28.8 Å². The smallest absolute Gasteiger partial charge is 0.263 e. The van der Waals surface area contributed by atoms with Gasteiger partial charge >= 0.3 is 0 Å². The summed E-state index contributed by atoms with van der Waals surface area (Å²) >= 11 is 1.63. The van der Waals surface area contributed by atoms with Crippen LogP contribution >= 0.6 is 11.3 Å². The molecule has 0 saturated carbocycles. The molecular formula is C14H15N3O2S2. The summed E-state index contributed by atoms with van der Waals surface area (Å²) in [4.78, 5) is 3.18. The van der Waals surface area contributed by atoms with Crippen molar-refractivity contribution in [2.45, 2.75) is 11.4 Å². The van der Waals surface area contributed by atoms with E-state index in [9.17, 15) is 8.42 Å². The van der Waals surface area contributed by atoms with Crippen molar-refractivity contribution in [1.29, 1.82) is 0 Å². The summed E-state index contributed by atoms with van der Waals surface area (Å²) in [5.41, 5.74) is 1.39. The zero-order chi connectivity index (χ0) is 14.9. The van der Waals surface area contributed by atoms with Gasteiger partial charge in [-0.15, -0.1) is 11.3 Å². The van der Waals surface area contributed by atoms with Crippen LogP contribution in [0, 0.1) is 0 Å². The monoisotopic (exact) mass is 321 g/mol. The number of sulfonamides is 1. The zero-order valence-electron chi connectivity index (χ0n) is 11.4. The van der Waals surface area contributed by atoms with Crippen LogP contribution in [0.3, 0.4) is 0 Å². The Hall–Kier alpha value is -1.83. The number of fused-ring (bicyclic) bond motifs is 1. The second-order valence-electron chi connectivity index (χ2n) is 4.67. The third-order valence-electron chi connectivity index (χ3n) is 3.10. The molecule has 0 unspecified atom stereocenters. The first kappa shape index (κ1) is 14.1. The minimum absolute atomic E-state index is 0.234. The minimum atomic E-state index is -3.57. The summed E-state index contributed by atoms with van der Waals surface area (Å²) in [5.74, 6) is 0. The van der Waals surface area contributed by atoms with E-state index in [0.29, 0.717) is 12.2 Å². The highest BCUT2D eigenvalue weighted by Crippen LogP contribution is 2.25. The number of benzene rings is 1. The van der Waals surface area contributed by atoms with Crippen LogP contribution in [0.2, 0.25) is 0 Å². The van der Waals surface area contributed by atoms with Gasteiger partial charge in [-0.1, -0.05) is 0 Å². The fourth-order valence-electron chi connectivity index (χ4n) is 2.11. The fraction of sp³-hybridized carbons (Fsp3) is 0.143. The summed E-state index contributed by atoms with van der Waals surface area (Å²) in [6, 6.07) is 9.13. The Labute approximate surface area is 127 Å². The van der Waals surface area contributed by atoms with Gasteiger partial charge in [0.05, 0.1) is 0 Å². The number of rotatable bonds is 5. The summed E-state index contributed by atoms with van der Waals surface area (Å²) < 4.78 is 28.4. The topological polar surface area (TPSA) is 74.0 Å². The van der Waals surface area contributed by atoms with Gasteiger partial charge in [-0.2, -0.15) is 0 Å². The molecule has 7 heteroatoms. The molecule has 0 spiro atoms. The van der Waals surface area contributed by atoms with Crippen molar-refractivity contribution in [2.24, 2.45) is 0 Å². The van der Waals surface area contributed by atoms with E-state index >= 15 is 0 Å². The second kappa shape index (κ2) is 5.51. The molecule has 0 radical (unpaired) electrons. The lowest BCUT2D eigenvalue weighted by molar-refractivity contribution is 0.601. The highest BCUT2D eigenvalue weighted by Gasteiger charge is 2.16. The number of thiophene rings is 1. The molecule has 3 aromatic rings. The first-order valence-electron chi connectivity index (χ1n) is 6.40. The van der Waals surface area contributed by atoms with Crippen molar-refractivity contribution in [1.82, 2.24) is 10.3 Å². The normalized spacial score (nSPS) is 11.9. The van der Waals surface area contributed by atoms with Gasteiger partial charge in [0.25, 0.3) is 10.0 Å². The molecule has 2 aromatic heterocycles. The van der Waals surface area contributed by atoms with E-state index in [0.717, 1.165) is 15.8 Å². The molecule has 5 nitrogen and oxygen atoms in total. The Morgan fingerprint density at radius 2 is 2.10 bits per heavy atom. The van der Waals surface area contributed by atoms with Crippen molar-refractivity contribution in [2.75, 3.05) is 11.8 Å². The molecule has 3 N–H and O–H groups in total. The van der Waals surface area contributed by atoms with Gasteiger partial charge in [-0.05, 0) is 48.1 Å². The minimum Gasteiger partial charge on any atom is -0.363 e. The predicted octanol–water partition coefficient (Wildman–Crippen LogP) is 2.75. The quantitative estimate of drug-likeness (QED) is 0.676. The van der Waals surface area contributed by atoms with E-state index in [1.807, 2.05) is 30.6 Å². The summed E-state index contributed by atoms with van der Waals surface area (Å²) in [7, 11) is -1.76. The van der Waals surface area contributed by atoms with Crippen LogP contribution in [0.15, 0.2) is 46.8 Å². The summed E-state index contributed by atoms with van der Waals surface area (Å²) in [6.07, 6.45) is 1.50. The van der Waals surface area contributed by atoms with Gasteiger partial charge in [-0.25, -0.2) is 8.42 Å². The third-order valence-corrected chi connectivity index (χ3v) is 5.36. The predicted molar refractivity (Wildman–Crippen MR) is 86.2 cm³/mol. The van der Waals surface area contributed by atoms with Crippen LogP contribution < -0.4 is 10.0 Å². The van der Waals surface area contributed by atoms with Crippen LogP contribution in [0.4, 0.5) is 5.69 Å². The van der Waals surface area contributed by atoms with Crippen LogP contribution in [-0.2, 0) is 16.6 Å². The maximum Gasteiger partial charge on any atom is 0.263 e. The van der Waals surface area contributed by atoms with Crippen LogP contribution in [0.25, 0.3) is 10.1 Å². The van der Waals surface area contributed by atoms with Gasteiger partial charge in [0.1, 0.15) is 4.90 Å². The number of nitrogens with one attached hydrogen (secondary N) is 3. The van der Waals surface area contributed by atoms with Gasteiger partial charge < -0.3 is 10.3 Å². The van der Waals surface area contributed by atoms with Gasteiger partial charge in [-0.3, -0.25) is 4.72 Å². The number of aromatic nitrogens is 1. The maximum absolute atomic E-state index is 12.3. The molecule has 2 heterocycles. The molecule has 21 heavy (non-hydrogen) atoms. The SMILES string of the molecule is CNCc1cc(S(=O)(=O)Nc2ccc3sccc3c2)c[nH]1. The summed E-state index contributed by atoms with van der Waals surface area (Å²) in [6.45, 7) is 0.594. The molecule has 110 valence electrons. The van der Waals surface area contributed by atoms with E-state index in [1.165, 1.54) is 6.20 Å². The molecule has 0 amide bonds. The lowest BCUT2D eigenvalue weighted by Crippen LogP contribution is -2.12. The van der Waals surface area contributed by atoms with Crippen molar-refractivity contribution in [3.63, 3.8) is 0 Å². The molecular weight excluding hydrogens is 306 g/mol. The van der Waals surface area contributed by atoms with Crippen molar-refractivity contribution < 1.29 is 8.42 Å². The molecule has 0 aliphatic heterocycles. The average Bonchev–Trinajstić information content (AvgIpc) is 3.07. The molecule has 0 atom stereocenters. The standard InChI is InChI=1S/C14H15N3O2S2/c1-15-8-12-7-13(9-16-12)21(18,19)17-11-2-3-14-10(6-11)4-5-20-14/h2-7,9,15-17H,8H2,1H3. The van der Waals surface area contributed by atoms with Gasteiger partial charge in [0.2, 0.25) is 0 Å². The van der Waals surface area contributed by atoms with Crippen LogP contribution in [-0.4, -0.2) is 20.4 Å². The summed E-state index contributed by atoms with van der Waals surface area (Å²) in [5, 5.41) is 5.99. The first-order chi connectivity index (χ1) is 10.1. The molecule has 0 saturated heterocycles. The zero-order valence-corrected chi connectivity index (χ0v) is 13.0. The fourth-order valence-corrected chi connectivity index (χ4v) is 3.95. The molecule has 1 aromatic carbocycles. The second-order valence-corrected chi connectivity index (χ2v) is 7.30. The molecule has 0 bridgehead atoms. The van der Waals surface area contributed by atoms with E-state index in [2.05, 4.69) is 15.0 Å². The van der Waals surface area contributed by atoms with E-state index in [-0.39, 0.29) is 4.90 Å². The van der Waals surface area contributed by atoms with E-state index < -0.39 is 10.0 Å². The Kier molecular flexibility index (Phi) is 3.71. The molecule has 3 rings (SSSR count). The number of H-pyrrole nitrogens is 1. The number of hydrogen-bond donors (Lipinski definition) is 3. The van der Waals surface area contributed by atoms with E-state index in [1.54, 1.807) is 23.5 Å². The Balaban J connectivity index is 1.87. The van der Waals surface area contributed by atoms with Crippen molar-refractivity contribution >= 4 is 37.1 Å². The average molecular weight is 321 g/mol. The number of anilines is 1. The maximum atomic E-state index is 12.3. The van der Waals surface area contributed by atoms with Crippen molar-refractivity contribution in [3.8, 4) is 0 Å². The number of hydrogen-bond acceptors (Lipinski definition) is 4. The number of aromatic amines is 1. The highest BCUT2D eigenvalue weighted by molar-refractivity contribution is 7.92. The molecule has 0 aliphatic carbocycles.